The Bertz CT molecular complexity index is 1420. The molecule has 1 aromatic heterocycles. The number of hydrogen-bond acceptors (Lipinski definition) is 11. The molecule has 4 rings (SSSR count). The Hall–Kier alpha value is -3.74. The lowest BCUT2D eigenvalue weighted by Crippen LogP contribution is -2.61. The summed E-state index contributed by atoms with van der Waals surface area (Å²) in [5.41, 5.74) is -1.09. The molecule has 5 atom stereocenters. The molecule has 46 heavy (non-hydrogen) atoms. The molecular weight excluding hydrogens is 645 g/mol. The number of alkyl halides is 3. The third-order valence-electron chi connectivity index (χ3n) is 7.46. The van der Waals surface area contributed by atoms with Gasteiger partial charge >= 0.3 is 12.3 Å². The third-order valence-corrected chi connectivity index (χ3v) is 7.68. The summed E-state index contributed by atoms with van der Waals surface area (Å²) in [7, 11) is 0. The van der Waals surface area contributed by atoms with Gasteiger partial charge in [-0.05, 0) is 58.0 Å². The normalized spacial score (nSPS) is 24.3. The van der Waals surface area contributed by atoms with E-state index >= 15 is 0 Å². The number of carboxylic acids is 1. The number of nitrogens with one attached hydrogen (secondary N) is 2. The number of carbonyl (C=O) groups excluding carboxylic acids is 2. The number of ether oxygens (including phenoxy) is 3. The number of pyridine rings is 1. The van der Waals surface area contributed by atoms with Crippen LogP contribution < -0.4 is 20.1 Å². The minimum Gasteiger partial charge on any atom is -0.479 e. The highest BCUT2D eigenvalue weighted by molar-refractivity contribution is 6.30. The highest BCUT2D eigenvalue weighted by atomic mass is 35.5. The number of aromatic nitrogens is 1. The summed E-state index contributed by atoms with van der Waals surface area (Å²) in [6, 6.07) is 4.23. The number of piperidine rings is 1. The van der Waals surface area contributed by atoms with Gasteiger partial charge in [0.05, 0.1) is 16.3 Å². The van der Waals surface area contributed by atoms with E-state index in [9.17, 15) is 48.0 Å². The molecule has 0 aliphatic carbocycles. The second-order valence-corrected chi connectivity index (χ2v) is 11.4. The fraction of sp³-hybridized carbons (Fsp3) is 0.500. The molecule has 2 aromatic rings. The van der Waals surface area contributed by atoms with Crippen LogP contribution in [0.25, 0.3) is 0 Å². The van der Waals surface area contributed by atoms with Gasteiger partial charge in [-0.15, -0.1) is 13.2 Å². The summed E-state index contributed by atoms with van der Waals surface area (Å²) < 4.78 is 54.7. The monoisotopic (exact) mass is 676 g/mol. The van der Waals surface area contributed by atoms with Crippen LogP contribution in [0.2, 0.25) is 5.02 Å². The zero-order valence-corrected chi connectivity index (χ0v) is 25.2. The number of amides is 2. The molecule has 2 aliphatic heterocycles. The lowest BCUT2D eigenvalue weighted by molar-refractivity contribution is -0.275. The van der Waals surface area contributed by atoms with Crippen LogP contribution >= 0.6 is 11.6 Å². The Morgan fingerprint density at radius 3 is 2.30 bits per heavy atom. The van der Waals surface area contributed by atoms with Gasteiger partial charge in [0.1, 0.15) is 29.9 Å². The molecule has 0 radical (unpaired) electrons. The van der Waals surface area contributed by atoms with Crippen molar-refractivity contribution in [1.82, 2.24) is 9.88 Å². The van der Waals surface area contributed by atoms with Gasteiger partial charge in [-0.25, -0.2) is 9.78 Å². The Morgan fingerprint density at radius 1 is 1.07 bits per heavy atom. The molecule has 2 saturated heterocycles. The molecule has 2 amide bonds. The average molecular weight is 677 g/mol. The van der Waals surface area contributed by atoms with Crippen molar-refractivity contribution in [2.24, 2.45) is 5.92 Å². The molecule has 252 valence electrons. The largest absolute Gasteiger partial charge is 0.573 e. The van der Waals surface area contributed by atoms with Crippen LogP contribution in [0.1, 0.15) is 37.0 Å². The molecule has 2 aliphatic rings. The number of carboxylic acid groups (broad SMARTS) is 1. The number of halogens is 4. The second-order valence-electron chi connectivity index (χ2n) is 11.0. The lowest BCUT2D eigenvalue weighted by atomic mass is 9.94. The second kappa shape index (κ2) is 14.4. The maximum Gasteiger partial charge on any atom is 0.573 e. The number of aliphatic carboxylic acids is 1. The van der Waals surface area contributed by atoms with Gasteiger partial charge in [-0.1, -0.05) is 11.6 Å². The number of anilines is 2. The Balaban J connectivity index is 1.77. The number of aliphatic hydroxyl groups is 3. The first-order valence-corrected chi connectivity index (χ1v) is 14.4. The zero-order valence-electron chi connectivity index (χ0n) is 24.4. The van der Waals surface area contributed by atoms with Crippen molar-refractivity contribution >= 4 is 40.9 Å². The number of likely N-dealkylation sites (tertiary alicyclic amines) is 1. The summed E-state index contributed by atoms with van der Waals surface area (Å²) in [5, 5.41) is 45.3. The van der Waals surface area contributed by atoms with Crippen molar-refractivity contribution in [2.75, 3.05) is 23.7 Å². The van der Waals surface area contributed by atoms with E-state index in [1.54, 1.807) is 0 Å². The minimum absolute atomic E-state index is 0.0650. The van der Waals surface area contributed by atoms with Crippen molar-refractivity contribution in [3.05, 3.63) is 41.0 Å². The maximum absolute atomic E-state index is 13.5. The zero-order chi connectivity index (χ0) is 33.9. The maximum atomic E-state index is 13.5. The van der Waals surface area contributed by atoms with E-state index < -0.39 is 83.5 Å². The molecule has 0 unspecified atom stereocenters. The predicted octanol–water partition coefficient (Wildman–Crippen LogP) is 2.22. The molecule has 6 N–H and O–H groups in total. The van der Waals surface area contributed by atoms with E-state index in [4.69, 9.17) is 21.1 Å². The van der Waals surface area contributed by atoms with Crippen molar-refractivity contribution in [2.45, 2.75) is 69.8 Å². The first-order chi connectivity index (χ1) is 21.5. The van der Waals surface area contributed by atoms with Gasteiger partial charge in [0.15, 0.2) is 11.9 Å². The van der Waals surface area contributed by atoms with E-state index in [2.05, 4.69) is 25.3 Å². The standard InChI is InChI=1S/C28H32ClF3N4O10/c1-12(2)36-7-5-13(6-8-36)24(40)35-19-16(25(41)34-18-4-3-14(29)11-33-18)9-15(46-28(30,31)32)10-17(19)44-27-22(39)20(37)21(38)23(45-27)26(42)43/h3-4,9-13,20-23,27,37-39H,5-8H2,1-2H3,(H,35,40)(H,42,43)(H,33,34,41)/t20-,21-,22+,23-,27+/m0/s1. The molecule has 14 nitrogen and oxygen atoms in total. The van der Waals surface area contributed by atoms with Crippen molar-refractivity contribution in [1.29, 1.82) is 0 Å². The van der Waals surface area contributed by atoms with Crippen molar-refractivity contribution < 1.29 is 62.2 Å². The van der Waals surface area contributed by atoms with Crippen LogP contribution in [0.15, 0.2) is 30.5 Å². The molecule has 1 aromatic carbocycles. The minimum atomic E-state index is -5.26. The third kappa shape index (κ3) is 8.54. The predicted molar refractivity (Wildman–Crippen MR) is 153 cm³/mol. The van der Waals surface area contributed by atoms with Crippen LogP contribution in [-0.4, -0.2) is 104 Å². The number of nitrogens with zero attached hydrogens (tertiary/aromatic N) is 2. The molecule has 0 spiro atoms. The summed E-state index contributed by atoms with van der Waals surface area (Å²) in [5.74, 6) is -5.81. The Kier molecular flexibility index (Phi) is 11.0. The molecule has 0 bridgehead atoms. The number of hydrogen-bond donors (Lipinski definition) is 6. The van der Waals surface area contributed by atoms with E-state index in [1.807, 2.05) is 13.8 Å². The fourth-order valence-corrected chi connectivity index (χ4v) is 5.11. The summed E-state index contributed by atoms with van der Waals surface area (Å²) in [4.78, 5) is 44.7. The van der Waals surface area contributed by atoms with Crippen LogP contribution in [0.5, 0.6) is 11.5 Å². The number of carbonyl (C=O) groups is 3. The highest BCUT2D eigenvalue weighted by Gasteiger charge is 2.48. The Morgan fingerprint density at radius 2 is 1.74 bits per heavy atom. The number of benzene rings is 1. The quantitative estimate of drug-likeness (QED) is 0.227. The summed E-state index contributed by atoms with van der Waals surface area (Å²) >= 11 is 5.84. The first kappa shape index (κ1) is 35.1. The van der Waals surface area contributed by atoms with E-state index in [1.165, 1.54) is 18.3 Å². The lowest BCUT2D eigenvalue weighted by Gasteiger charge is -2.38. The van der Waals surface area contributed by atoms with Crippen LogP contribution in [0.3, 0.4) is 0 Å². The number of aliphatic hydroxyl groups excluding tert-OH is 3. The van der Waals surface area contributed by atoms with Crippen molar-refractivity contribution in [3.8, 4) is 11.5 Å². The fourth-order valence-electron chi connectivity index (χ4n) is 4.99. The van der Waals surface area contributed by atoms with E-state index in [-0.39, 0.29) is 16.9 Å². The molecule has 3 heterocycles. The molecular formula is C28H32ClF3N4O10. The van der Waals surface area contributed by atoms with Gasteiger partial charge in [-0.2, -0.15) is 0 Å². The topological polar surface area (TPSA) is 200 Å². The Labute approximate surface area is 265 Å². The first-order valence-electron chi connectivity index (χ1n) is 14.0. The van der Waals surface area contributed by atoms with Gasteiger partial charge in [0, 0.05) is 24.2 Å². The summed E-state index contributed by atoms with van der Waals surface area (Å²) in [6.45, 7) is 5.15. The van der Waals surface area contributed by atoms with Crippen LogP contribution in [0, 0.1) is 5.92 Å². The smallest absolute Gasteiger partial charge is 0.479 e. The average Bonchev–Trinajstić information content (AvgIpc) is 2.98. The van der Waals surface area contributed by atoms with Crippen LogP contribution in [-0.2, 0) is 14.3 Å². The van der Waals surface area contributed by atoms with Gasteiger partial charge in [0.25, 0.3) is 5.91 Å². The van der Waals surface area contributed by atoms with E-state index in [0.717, 1.165) is 0 Å². The number of rotatable bonds is 9. The molecule has 0 saturated carbocycles. The van der Waals surface area contributed by atoms with Gasteiger partial charge in [0.2, 0.25) is 12.2 Å². The SMILES string of the molecule is CC(C)N1CCC(C(=O)Nc2c(O[C@@H]3O[C@H](C(=O)O)[C@@H](O)[C@H](O)[C@H]3O)cc(OC(F)(F)F)cc2C(=O)Nc2ccc(Cl)cn2)CC1. The van der Waals surface area contributed by atoms with Crippen LogP contribution in [0.4, 0.5) is 24.7 Å². The van der Waals surface area contributed by atoms with Crippen molar-refractivity contribution in [3.63, 3.8) is 0 Å². The highest BCUT2D eigenvalue weighted by Crippen LogP contribution is 2.39. The molecule has 18 heteroatoms. The van der Waals surface area contributed by atoms with Gasteiger partial charge < -0.3 is 50.2 Å². The summed E-state index contributed by atoms with van der Waals surface area (Å²) in [6.07, 6.45) is -13.8. The van der Waals surface area contributed by atoms with E-state index in [0.29, 0.717) is 38.1 Å². The molecule has 2 fully saturated rings. The van der Waals surface area contributed by atoms with Gasteiger partial charge in [-0.3, -0.25) is 9.59 Å².